The third-order valence-electron chi connectivity index (χ3n) is 2.97. The minimum Gasteiger partial charge on any atom is -0.273 e. The maximum atomic E-state index is 4.52. The van der Waals surface area contributed by atoms with Crippen LogP contribution in [0.2, 0.25) is 0 Å². The van der Waals surface area contributed by atoms with Gasteiger partial charge in [0.05, 0.1) is 12.7 Å². The number of hydrogen-bond acceptors (Lipinski definition) is 3. The molecule has 0 aliphatic rings. The van der Waals surface area contributed by atoms with E-state index in [-0.39, 0.29) is 0 Å². The molecule has 0 saturated carbocycles. The van der Waals surface area contributed by atoms with Gasteiger partial charge in [-0.05, 0) is 41.6 Å². The van der Waals surface area contributed by atoms with Crippen molar-refractivity contribution in [3.05, 3.63) is 52.1 Å². The first kappa shape index (κ1) is 13.3. The third kappa shape index (κ3) is 2.90. The monoisotopic (exact) mass is 379 g/mol. The molecule has 0 atom stereocenters. The van der Waals surface area contributed by atoms with Crippen LogP contribution in [0.3, 0.4) is 0 Å². The molecule has 2 heterocycles. The van der Waals surface area contributed by atoms with E-state index in [2.05, 4.69) is 56.8 Å². The number of nitrogens with zero attached hydrogens (tertiary/aromatic N) is 5. The topological polar surface area (TPSA) is 48.5 Å². The summed E-state index contributed by atoms with van der Waals surface area (Å²) < 4.78 is 4.93. The predicted octanol–water partition coefficient (Wildman–Crippen LogP) is 2.81. The molecule has 102 valence electrons. The van der Waals surface area contributed by atoms with Crippen LogP contribution in [0.15, 0.2) is 43.0 Å². The van der Waals surface area contributed by atoms with Crippen molar-refractivity contribution in [1.82, 2.24) is 24.5 Å². The van der Waals surface area contributed by atoms with Crippen molar-refractivity contribution < 1.29 is 0 Å². The summed E-state index contributed by atoms with van der Waals surface area (Å²) in [5.74, 6) is 0.756. The van der Waals surface area contributed by atoms with Crippen molar-refractivity contribution in [3.63, 3.8) is 0 Å². The fourth-order valence-corrected chi connectivity index (χ4v) is 2.52. The zero-order chi connectivity index (χ0) is 13.9. The highest BCUT2D eigenvalue weighted by molar-refractivity contribution is 14.1. The largest absolute Gasteiger partial charge is 0.273 e. The van der Waals surface area contributed by atoms with Gasteiger partial charge in [0.25, 0.3) is 0 Å². The predicted molar refractivity (Wildman–Crippen MR) is 85.2 cm³/mol. The molecule has 0 unspecified atom stereocenters. The second-order valence-electron chi connectivity index (χ2n) is 4.48. The standard InChI is InChI=1S/C14H14IN5/c1-2-19-8-11(7-17-19)9-20-10-16-14(18-20)12-4-3-5-13(15)6-12/h3-8,10H,2,9H2,1H3. The molecule has 2 aromatic heterocycles. The van der Waals surface area contributed by atoms with E-state index in [1.165, 1.54) is 3.57 Å². The maximum absolute atomic E-state index is 4.52. The van der Waals surface area contributed by atoms with Crippen LogP contribution in [0.5, 0.6) is 0 Å². The summed E-state index contributed by atoms with van der Waals surface area (Å²) in [4.78, 5) is 4.37. The van der Waals surface area contributed by atoms with E-state index in [1.54, 1.807) is 6.33 Å². The van der Waals surface area contributed by atoms with E-state index in [1.807, 2.05) is 33.9 Å². The molecule has 0 aliphatic carbocycles. The molecule has 0 amide bonds. The van der Waals surface area contributed by atoms with Crippen molar-refractivity contribution in [2.75, 3.05) is 0 Å². The lowest BCUT2D eigenvalue weighted by Crippen LogP contribution is -1.99. The van der Waals surface area contributed by atoms with Gasteiger partial charge in [-0.1, -0.05) is 12.1 Å². The lowest BCUT2D eigenvalue weighted by Gasteiger charge is -1.98. The van der Waals surface area contributed by atoms with Crippen molar-refractivity contribution in [2.24, 2.45) is 0 Å². The number of benzene rings is 1. The molecule has 5 nitrogen and oxygen atoms in total. The van der Waals surface area contributed by atoms with Gasteiger partial charge in [0.15, 0.2) is 5.82 Å². The summed E-state index contributed by atoms with van der Waals surface area (Å²) in [5, 5.41) is 8.78. The van der Waals surface area contributed by atoms with Gasteiger partial charge < -0.3 is 0 Å². The van der Waals surface area contributed by atoms with E-state index in [0.29, 0.717) is 6.54 Å². The first-order chi connectivity index (χ1) is 9.74. The molecule has 0 bridgehead atoms. The number of aromatic nitrogens is 5. The molecular weight excluding hydrogens is 365 g/mol. The van der Waals surface area contributed by atoms with E-state index in [4.69, 9.17) is 0 Å². The number of aryl methyl sites for hydroxylation is 1. The van der Waals surface area contributed by atoms with Gasteiger partial charge in [-0.15, -0.1) is 0 Å². The Kier molecular flexibility index (Phi) is 3.81. The quantitative estimate of drug-likeness (QED) is 0.655. The van der Waals surface area contributed by atoms with Gasteiger partial charge in [-0.3, -0.25) is 4.68 Å². The summed E-state index contributed by atoms with van der Waals surface area (Å²) in [5.41, 5.74) is 2.17. The Morgan fingerprint density at radius 1 is 1.25 bits per heavy atom. The summed E-state index contributed by atoms with van der Waals surface area (Å²) >= 11 is 2.29. The number of halogens is 1. The van der Waals surface area contributed by atoms with Crippen molar-refractivity contribution >= 4 is 22.6 Å². The van der Waals surface area contributed by atoms with E-state index in [9.17, 15) is 0 Å². The minimum atomic E-state index is 0.691. The molecule has 1 aromatic carbocycles. The van der Waals surface area contributed by atoms with E-state index >= 15 is 0 Å². The highest BCUT2D eigenvalue weighted by atomic mass is 127. The smallest absolute Gasteiger partial charge is 0.181 e. The third-order valence-corrected chi connectivity index (χ3v) is 3.65. The van der Waals surface area contributed by atoms with E-state index < -0.39 is 0 Å². The molecule has 0 spiro atoms. The van der Waals surface area contributed by atoms with Gasteiger partial charge in [0.2, 0.25) is 0 Å². The Bertz CT molecular complexity index is 716. The normalized spacial score (nSPS) is 10.9. The van der Waals surface area contributed by atoms with Crippen LogP contribution >= 0.6 is 22.6 Å². The molecule has 3 aromatic rings. The van der Waals surface area contributed by atoms with Crippen molar-refractivity contribution in [1.29, 1.82) is 0 Å². The zero-order valence-electron chi connectivity index (χ0n) is 11.1. The molecule has 0 fully saturated rings. The van der Waals surface area contributed by atoms with Crippen molar-refractivity contribution in [3.8, 4) is 11.4 Å². The van der Waals surface area contributed by atoms with Gasteiger partial charge >= 0.3 is 0 Å². The summed E-state index contributed by atoms with van der Waals surface area (Å²) in [7, 11) is 0. The lowest BCUT2D eigenvalue weighted by molar-refractivity contribution is 0.654. The molecule has 0 saturated heterocycles. The van der Waals surface area contributed by atoms with E-state index in [0.717, 1.165) is 23.5 Å². The Hall–Kier alpha value is -1.70. The first-order valence-corrected chi connectivity index (χ1v) is 7.49. The molecule has 0 N–H and O–H groups in total. The summed E-state index contributed by atoms with van der Waals surface area (Å²) in [6.45, 7) is 3.64. The lowest BCUT2D eigenvalue weighted by atomic mass is 10.2. The van der Waals surface area contributed by atoms with Crippen LogP contribution in [0.25, 0.3) is 11.4 Å². The minimum absolute atomic E-state index is 0.691. The van der Waals surface area contributed by atoms with Gasteiger partial charge in [-0.2, -0.15) is 10.2 Å². The van der Waals surface area contributed by atoms with Crippen LogP contribution in [0.1, 0.15) is 12.5 Å². The van der Waals surface area contributed by atoms with Gasteiger partial charge in [0, 0.05) is 27.4 Å². The fourth-order valence-electron chi connectivity index (χ4n) is 1.98. The van der Waals surface area contributed by atoms with Gasteiger partial charge in [-0.25, -0.2) is 9.67 Å². The highest BCUT2D eigenvalue weighted by Gasteiger charge is 2.06. The Morgan fingerprint density at radius 2 is 2.15 bits per heavy atom. The molecule has 0 radical (unpaired) electrons. The number of hydrogen-bond donors (Lipinski definition) is 0. The molecular formula is C14H14IN5. The SMILES string of the molecule is CCn1cc(Cn2cnc(-c3cccc(I)c3)n2)cn1. The molecule has 3 rings (SSSR count). The second kappa shape index (κ2) is 5.74. The molecule has 6 heteroatoms. The summed E-state index contributed by atoms with van der Waals surface area (Å²) in [6.07, 6.45) is 5.67. The Morgan fingerprint density at radius 3 is 2.90 bits per heavy atom. The average molecular weight is 379 g/mol. The van der Waals surface area contributed by atoms with Crippen LogP contribution in [0.4, 0.5) is 0 Å². The van der Waals surface area contributed by atoms with Crippen LogP contribution < -0.4 is 0 Å². The fraction of sp³-hybridized carbons (Fsp3) is 0.214. The van der Waals surface area contributed by atoms with Crippen molar-refractivity contribution in [2.45, 2.75) is 20.0 Å². The van der Waals surface area contributed by atoms with Crippen LogP contribution in [-0.4, -0.2) is 24.5 Å². The highest BCUT2D eigenvalue weighted by Crippen LogP contribution is 2.17. The Balaban J connectivity index is 1.80. The molecule has 20 heavy (non-hydrogen) atoms. The molecule has 0 aliphatic heterocycles. The van der Waals surface area contributed by atoms with Crippen LogP contribution in [-0.2, 0) is 13.1 Å². The van der Waals surface area contributed by atoms with Crippen LogP contribution in [0, 0.1) is 3.57 Å². The second-order valence-corrected chi connectivity index (χ2v) is 5.73. The Labute approximate surface area is 130 Å². The average Bonchev–Trinajstić information content (AvgIpc) is 3.08. The number of rotatable bonds is 4. The maximum Gasteiger partial charge on any atom is 0.181 e. The zero-order valence-corrected chi connectivity index (χ0v) is 13.2. The first-order valence-electron chi connectivity index (χ1n) is 6.41. The summed E-state index contributed by atoms with van der Waals surface area (Å²) in [6, 6.07) is 8.18. The van der Waals surface area contributed by atoms with Gasteiger partial charge in [0.1, 0.15) is 6.33 Å².